The van der Waals surface area contributed by atoms with Crippen LogP contribution in [0, 0.1) is 0 Å². The van der Waals surface area contributed by atoms with E-state index in [0.29, 0.717) is 26.1 Å². The number of rotatable bonds is 2. The largest absolute Gasteiger partial charge is 0.464 e. The van der Waals surface area contributed by atoms with Gasteiger partial charge in [0.1, 0.15) is 5.60 Å². The molecule has 0 aromatic carbocycles. The van der Waals surface area contributed by atoms with E-state index in [-0.39, 0.29) is 12.0 Å². The molecule has 0 aliphatic carbocycles. The molecule has 0 radical (unpaired) electrons. The van der Waals surface area contributed by atoms with Crippen molar-refractivity contribution in [2.45, 2.75) is 57.7 Å². The monoisotopic (exact) mass is 284 g/mol. The van der Waals surface area contributed by atoms with E-state index in [1.165, 1.54) is 0 Å². The summed E-state index contributed by atoms with van der Waals surface area (Å²) >= 11 is 0. The zero-order chi connectivity index (χ0) is 15.0. The Bertz CT molecular complexity index is 404. The van der Waals surface area contributed by atoms with Gasteiger partial charge in [-0.05, 0) is 47.1 Å². The molecule has 2 atom stereocenters. The minimum atomic E-state index is -0.891. The number of esters is 1. The molecule has 20 heavy (non-hydrogen) atoms. The lowest BCUT2D eigenvalue weighted by molar-refractivity contribution is -0.155. The van der Waals surface area contributed by atoms with Crippen molar-refractivity contribution < 1.29 is 19.1 Å². The second-order valence-corrected chi connectivity index (χ2v) is 6.32. The first-order chi connectivity index (χ1) is 9.31. The molecule has 2 saturated heterocycles. The number of ether oxygens (including phenoxy) is 2. The van der Waals surface area contributed by atoms with Crippen LogP contribution in [0.15, 0.2) is 0 Å². The first-order valence-electron chi connectivity index (χ1n) is 7.22. The number of amides is 1. The van der Waals surface area contributed by atoms with Gasteiger partial charge in [0, 0.05) is 12.6 Å². The van der Waals surface area contributed by atoms with Crippen LogP contribution in [0.5, 0.6) is 0 Å². The predicted molar refractivity (Wildman–Crippen MR) is 73.3 cm³/mol. The van der Waals surface area contributed by atoms with E-state index >= 15 is 0 Å². The number of hydrogen-bond donors (Lipinski definition) is 1. The van der Waals surface area contributed by atoms with Crippen LogP contribution < -0.4 is 5.32 Å². The zero-order valence-corrected chi connectivity index (χ0v) is 12.7. The van der Waals surface area contributed by atoms with Crippen molar-refractivity contribution in [2.75, 3.05) is 19.7 Å². The first-order valence-corrected chi connectivity index (χ1v) is 7.22. The fourth-order valence-corrected chi connectivity index (χ4v) is 3.08. The van der Waals surface area contributed by atoms with Gasteiger partial charge < -0.3 is 14.8 Å². The van der Waals surface area contributed by atoms with E-state index < -0.39 is 17.2 Å². The van der Waals surface area contributed by atoms with Crippen molar-refractivity contribution in [3.8, 4) is 0 Å². The summed E-state index contributed by atoms with van der Waals surface area (Å²) in [6, 6.07) is -0.0333. The van der Waals surface area contributed by atoms with Gasteiger partial charge in [0.15, 0.2) is 5.54 Å². The molecule has 1 amide bonds. The van der Waals surface area contributed by atoms with Crippen molar-refractivity contribution in [1.82, 2.24) is 10.2 Å². The van der Waals surface area contributed by atoms with Crippen molar-refractivity contribution in [3.63, 3.8) is 0 Å². The van der Waals surface area contributed by atoms with Crippen LogP contribution in [0.4, 0.5) is 4.79 Å². The predicted octanol–water partition coefficient (Wildman–Crippen LogP) is 1.29. The molecule has 2 rings (SSSR count). The van der Waals surface area contributed by atoms with Crippen molar-refractivity contribution in [2.24, 2.45) is 0 Å². The highest BCUT2D eigenvalue weighted by atomic mass is 16.6. The van der Waals surface area contributed by atoms with Gasteiger partial charge in [0.25, 0.3) is 0 Å². The summed E-state index contributed by atoms with van der Waals surface area (Å²) in [5.41, 5.74) is -1.46. The van der Waals surface area contributed by atoms with Gasteiger partial charge in [-0.3, -0.25) is 4.90 Å². The summed E-state index contributed by atoms with van der Waals surface area (Å²) in [5, 5.41) is 3.30. The third kappa shape index (κ3) is 2.49. The van der Waals surface area contributed by atoms with Gasteiger partial charge in [-0.15, -0.1) is 0 Å². The molecule has 114 valence electrons. The standard InChI is InChI=1S/C14H24N2O4/c1-5-19-11(17)14-7-8-15-10(14)6-9-16(14)12(18)20-13(2,3)4/h10,15H,5-9H2,1-4H3/t10-,14-/m1/s1. The lowest BCUT2D eigenvalue weighted by atomic mass is 9.91. The maximum atomic E-state index is 12.4. The average Bonchev–Trinajstić information content (AvgIpc) is 2.84. The van der Waals surface area contributed by atoms with Crippen LogP contribution in [0.1, 0.15) is 40.5 Å². The van der Waals surface area contributed by atoms with Crippen LogP contribution in [0.3, 0.4) is 0 Å². The third-order valence-electron chi connectivity index (χ3n) is 3.84. The minimum absolute atomic E-state index is 0.0333. The lowest BCUT2D eigenvalue weighted by Crippen LogP contribution is -2.58. The molecule has 0 spiro atoms. The molecule has 1 N–H and O–H groups in total. The van der Waals surface area contributed by atoms with Gasteiger partial charge in [-0.25, -0.2) is 9.59 Å². The van der Waals surface area contributed by atoms with Gasteiger partial charge in [0.05, 0.1) is 6.61 Å². The number of carbonyl (C=O) groups excluding carboxylic acids is 2. The van der Waals surface area contributed by atoms with Crippen LogP contribution in [-0.4, -0.2) is 53.8 Å². The normalized spacial score (nSPS) is 29.2. The SMILES string of the molecule is CCOC(=O)[C@@]12CCN[C@@H]1CCN2C(=O)OC(C)(C)C. The quantitative estimate of drug-likeness (QED) is 0.774. The highest BCUT2D eigenvalue weighted by Crippen LogP contribution is 2.38. The Hall–Kier alpha value is -1.30. The Balaban J connectivity index is 2.23. The third-order valence-corrected chi connectivity index (χ3v) is 3.84. The number of nitrogens with zero attached hydrogens (tertiary/aromatic N) is 1. The Morgan fingerprint density at radius 1 is 1.40 bits per heavy atom. The smallest absolute Gasteiger partial charge is 0.411 e. The van der Waals surface area contributed by atoms with Gasteiger partial charge in [-0.1, -0.05) is 0 Å². The highest BCUT2D eigenvalue weighted by Gasteiger charge is 2.60. The second kappa shape index (κ2) is 5.24. The number of hydrogen-bond acceptors (Lipinski definition) is 5. The molecule has 6 nitrogen and oxygen atoms in total. The molecule has 2 fully saturated rings. The summed E-state index contributed by atoms with van der Waals surface area (Å²) in [6.45, 7) is 8.79. The number of likely N-dealkylation sites (tertiary alicyclic amines) is 1. The molecule has 6 heteroatoms. The van der Waals surface area contributed by atoms with Gasteiger partial charge >= 0.3 is 12.1 Å². The van der Waals surface area contributed by atoms with Crippen LogP contribution >= 0.6 is 0 Å². The Kier molecular flexibility index (Phi) is 3.95. The number of carbonyl (C=O) groups is 2. The van der Waals surface area contributed by atoms with Gasteiger partial charge in [-0.2, -0.15) is 0 Å². The van der Waals surface area contributed by atoms with Crippen molar-refractivity contribution in [1.29, 1.82) is 0 Å². The maximum Gasteiger partial charge on any atom is 0.411 e. The molecule has 0 aromatic rings. The molecule has 0 bridgehead atoms. The molecule has 2 aliphatic heterocycles. The number of nitrogens with one attached hydrogen (secondary N) is 1. The molecular weight excluding hydrogens is 260 g/mol. The summed E-state index contributed by atoms with van der Waals surface area (Å²) in [4.78, 5) is 26.4. The molecule has 0 aromatic heterocycles. The average molecular weight is 284 g/mol. The fraction of sp³-hybridized carbons (Fsp3) is 0.857. The van der Waals surface area contributed by atoms with E-state index in [4.69, 9.17) is 9.47 Å². The Morgan fingerprint density at radius 2 is 2.10 bits per heavy atom. The first kappa shape index (κ1) is 15.1. The number of fused-ring (bicyclic) bond motifs is 1. The van der Waals surface area contributed by atoms with E-state index in [1.807, 2.05) is 20.8 Å². The van der Waals surface area contributed by atoms with Crippen molar-refractivity contribution in [3.05, 3.63) is 0 Å². The minimum Gasteiger partial charge on any atom is -0.464 e. The van der Waals surface area contributed by atoms with Crippen LogP contribution in [-0.2, 0) is 14.3 Å². The Morgan fingerprint density at radius 3 is 2.70 bits per heavy atom. The van der Waals surface area contributed by atoms with E-state index in [1.54, 1.807) is 11.8 Å². The molecule has 0 unspecified atom stereocenters. The molecule has 2 heterocycles. The topological polar surface area (TPSA) is 67.9 Å². The summed E-state index contributed by atoms with van der Waals surface area (Å²) in [5.74, 6) is -0.321. The zero-order valence-electron chi connectivity index (χ0n) is 12.7. The van der Waals surface area contributed by atoms with Crippen LogP contribution in [0.2, 0.25) is 0 Å². The summed E-state index contributed by atoms with van der Waals surface area (Å²) in [7, 11) is 0. The Labute approximate surface area is 119 Å². The lowest BCUT2D eigenvalue weighted by Gasteiger charge is -2.36. The maximum absolute atomic E-state index is 12.4. The van der Waals surface area contributed by atoms with E-state index in [2.05, 4.69) is 5.32 Å². The van der Waals surface area contributed by atoms with Gasteiger partial charge in [0.2, 0.25) is 0 Å². The van der Waals surface area contributed by atoms with Crippen molar-refractivity contribution >= 4 is 12.1 Å². The molecule has 0 saturated carbocycles. The fourth-order valence-electron chi connectivity index (χ4n) is 3.08. The summed E-state index contributed by atoms with van der Waals surface area (Å²) in [6.07, 6.45) is 0.894. The summed E-state index contributed by atoms with van der Waals surface area (Å²) < 4.78 is 10.6. The van der Waals surface area contributed by atoms with E-state index in [9.17, 15) is 9.59 Å². The second-order valence-electron chi connectivity index (χ2n) is 6.32. The highest BCUT2D eigenvalue weighted by molar-refractivity contribution is 5.88. The molecule has 2 aliphatic rings. The van der Waals surface area contributed by atoms with E-state index in [0.717, 1.165) is 6.42 Å². The van der Waals surface area contributed by atoms with Crippen LogP contribution in [0.25, 0.3) is 0 Å². The molecular formula is C14H24N2O4.